The number of fused-ring (bicyclic) bond motifs is 2. The second-order valence-electron chi connectivity index (χ2n) is 9.43. The van der Waals surface area contributed by atoms with Crippen molar-refractivity contribution in [3.8, 4) is 22.3 Å². The molecule has 1 atom stereocenters. The highest BCUT2D eigenvalue weighted by Gasteiger charge is 2.30. The van der Waals surface area contributed by atoms with Crippen molar-refractivity contribution in [1.29, 1.82) is 0 Å². The van der Waals surface area contributed by atoms with Gasteiger partial charge in [-0.05, 0) is 95.0 Å². The van der Waals surface area contributed by atoms with Crippen LogP contribution < -0.4 is 0 Å². The van der Waals surface area contributed by atoms with E-state index in [2.05, 4.69) is 91.0 Å². The molecule has 1 unspecified atom stereocenters. The minimum absolute atomic E-state index is 0.471. The maximum atomic E-state index is 2.42. The lowest BCUT2D eigenvalue weighted by molar-refractivity contribution is 0.602. The molecule has 32 heavy (non-hydrogen) atoms. The van der Waals surface area contributed by atoms with Crippen LogP contribution in [-0.2, 0) is 19.3 Å². The average Bonchev–Trinajstić information content (AvgIpc) is 2.88. The molecule has 0 saturated carbocycles. The molecule has 2 aliphatic rings. The van der Waals surface area contributed by atoms with Crippen LogP contribution in [0.15, 0.2) is 91.0 Å². The standard InChI is InChI=1S/C32H30/c1-3-11-23(12-4-1)27-19-9-16-26-17-10-20-30(31(26)27)32-28-18-8-7-15-25(28)21-22-29(32)24-13-5-2-6-14-24/h1-6,9,11-14,16,19,21-22,30H,7-8,10,15,17-18,20H2. The van der Waals surface area contributed by atoms with Gasteiger partial charge in [-0.15, -0.1) is 0 Å². The van der Waals surface area contributed by atoms with Gasteiger partial charge >= 0.3 is 0 Å². The van der Waals surface area contributed by atoms with Gasteiger partial charge in [0.2, 0.25) is 0 Å². The fraction of sp³-hybridized carbons (Fsp3) is 0.250. The molecule has 4 aromatic carbocycles. The molecule has 0 aromatic heterocycles. The molecule has 158 valence electrons. The summed E-state index contributed by atoms with van der Waals surface area (Å²) < 4.78 is 0. The Morgan fingerprint density at radius 3 is 1.88 bits per heavy atom. The number of rotatable bonds is 3. The Morgan fingerprint density at radius 2 is 1.12 bits per heavy atom. The quantitative estimate of drug-likeness (QED) is 0.316. The van der Waals surface area contributed by atoms with Crippen LogP contribution in [0.2, 0.25) is 0 Å². The van der Waals surface area contributed by atoms with Gasteiger partial charge in [-0.3, -0.25) is 0 Å². The van der Waals surface area contributed by atoms with Gasteiger partial charge in [-0.1, -0.05) is 91.0 Å². The number of hydrogen-bond acceptors (Lipinski definition) is 0. The highest BCUT2D eigenvalue weighted by atomic mass is 14.3. The van der Waals surface area contributed by atoms with Gasteiger partial charge in [-0.2, -0.15) is 0 Å². The first-order valence-corrected chi connectivity index (χ1v) is 12.3. The SMILES string of the molecule is c1ccc(-c2cccc3c2C(c2c(-c4ccccc4)ccc4c2CCCC4)CCC3)cc1. The Kier molecular flexibility index (Phi) is 5.15. The summed E-state index contributed by atoms with van der Waals surface area (Å²) in [4.78, 5) is 0. The van der Waals surface area contributed by atoms with Crippen molar-refractivity contribution >= 4 is 0 Å². The van der Waals surface area contributed by atoms with Gasteiger partial charge in [0.25, 0.3) is 0 Å². The maximum Gasteiger partial charge on any atom is 0.0107 e. The molecule has 6 rings (SSSR count). The number of aryl methyl sites for hydroxylation is 2. The Bertz CT molecular complexity index is 1230. The molecule has 0 bridgehead atoms. The first-order valence-electron chi connectivity index (χ1n) is 12.3. The molecule has 0 saturated heterocycles. The molecule has 4 aromatic rings. The van der Waals surface area contributed by atoms with E-state index in [4.69, 9.17) is 0 Å². The fourth-order valence-corrected chi connectivity index (χ4v) is 6.17. The molecule has 0 N–H and O–H groups in total. The molecule has 2 aliphatic carbocycles. The topological polar surface area (TPSA) is 0 Å². The van der Waals surface area contributed by atoms with E-state index in [0.717, 1.165) is 0 Å². The Balaban J connectivity index is 1.61. The molecule has 0 spiro atoms. The van der Waals surface area contributed by atoms with Crippen molar-refractivity contribution in [1.82, 2.24) is 0 Å². The molecule has 0 amide bonds. The van der Waals surface area contributed by atoms with Gasteiger partial charge < -0.3 is 0 Å². The van der Waals surface area contributed by atoms with Gasteiger partial charge in [0.1, 0.15) is 0 Å². The summed E-state index contributed by atoms with van der Waals surface area (Å²) in [5.41, 5.74) is 13.6. The van der Waals surface area contributed by atoms with Crippen LogP contribution in [0, 0.1) is 0 Å². The first kappa shape index (κ1) is 19.6. The zero-order valence-electron chi connectivity index (χ0n) is 18.7. The fourth-order valence-electron chi connectivity index (χ4n) is 6.17. The molecular formula is C32H30. The van der Waals surface area contributed by atoms with E-state index in [1.807, 2.05) is 0 Å². The predicted molar refractivity (Wildman–Crippen MR) is 135 cm³/mol. The van der Waals surface area contributed by atoms with Crippen LogP contribution in [0.3, 0.4) is 0 Å². The van der Waals surface area contributed by atoms with E-state index in [1.54, 1.807) is 27.8 Å². The predicted octanol–water partition coefficient (Wildman–Crippen LogP) is 8.37. The van der Waals surface area contributed by atoms with Gasteiger partial charge in [0.15, 0.2) is 0 Å². The lowest BCUT2D eigenvalue weighted by Crippen LogP contribution is -2.17. The highest BCUT2D eigenvalue weighted by molar-refractivity contribution is 5.76. The van der Waals surface area contributed by atoms with E-state index in [1.165, 1.54) is 67.2 Å². The minimum Gasteiger partial charge on any atom is -0.0622 e. The van der Waals surface area contributed by atoms with Gasteiger partial charge in [0, 0.05) is 5.92 Å². The van der Waals surface area contributed by atoms with Crippen molar-refractivity contribution in [3.63, 3.8) is 0 Å². The van der Waals surface area contributed by atoms with Crippen molar-refractivity contribution < 1.29 is 0 Å². The van der Waals surface area contributed by atoms with Crippen molar-refractivity contribution in [2.75, 3.05) is 0 Å². The smallest absolute Gasteiger partial charge is 0.0107 e. The van der Waals surface area contributed by atoms with Crippen LogP contribution in [0.4, 0.5) is 0 Å². The van der Waals surface area contributed by atoms with E-state index in [9.17, 15) is 0 Å². The summed E-state index contributed by atoms with van der Waals surface area (Å²) in [5, 5.41) is 0. The highest BCUT2D eigenvalue weighted by Crippen LogP contribution is 2.47. The number of hydrogen-bond donors (Lipinski definition) is 0. The Hall–Kier alpha value is -3.12. The van der Waals surface area contributed by atoms with E-state index >= 15 is 0 Å². The lowest BCUT2D eigenvalue weighted by atomic mass is 9.70. The Morgan fingerprint density at radius 1 is 0.469 bits per heavy atom. The van der Waals surface area contributed by atoms with E-state index in [0.29, 0.717) is 5.92 Å². The Labute approximate surface area is 192 Å². The molecule has 0 heterocycles. The minimum atomic E-state index is 0.471. The van der Waals surface area contributed by atoms with Crippen LogP contribution >= 0.6 is 0 Å². The molecule has 0 radical (unpaired) electrons. The van der Waals surface area contributed by atoms with Gasteiger partial charge in [0.05, 0.1) is 0 Å². The zero-order valence-corrected chi connectivity index (χ0v) is 18.7. The molecule has 0 heteroatoms. The lowest BCUT2D eigenvalue weighted by Gasteiger charge is -2.33. The molecular weight excluding hydrogens is 384 g/mol. The number of benzene rings is 4. The van der Waals surface area contributed by atoms with Crippen molar-refractivity contribution in [2.45, 2.75) is 50.9 Å². The summed E-state index contributed by atoms with van der Waals surface area (Å²) >= 11 is 0. The van der Waals surface area contributed by atoms with Crippen LogP contribution in [0.1, 0.15) is 59.4 Å². The normalized spacial score (nSPS) is 17.4. The molecule has 0 nitrogen and oxygen atoms in total. The maximum absolute atomic E-state index is 2.42. The second kappa shape index (κ2) is 8.43. The summed E-state index contributed by atoms with van der Waals surface area (Å²) in [6.45, 7) is 0. The van der Waals surface area contributed by atoms with Crippen LogP contribution in [-0.4, -0.2) is 0 Å². The third-order valence-corrected chi connectivity index (χ3v) is 7.58. The molecule has 0 fully saturated rings. The summed E-state index contributed by atoms with van der Waals surface area (Å²) in [7, 11) is 0. The van der Waals surface area contributed by atoms with E-state index in [-0.39, 0.29) is 0 Å². The monoisotopic (exact) mass is 414 g/mol. The molecule has 0 aliphatic heterocycles. The van der Waals surface area contributed by atoms with Gasteiger partial charge in [-0.25, -0.2) is 0 Å². The summed E-state index contributed by atoms with van der Waals surface area (Å²) in [6, 6.07) is 34.0. The zero-order chi connectivity index (χ0) is 21.3. The second-order valence-corrected chi connectivity index (χ2v) is 9.43. The van der Waals surface area contributed by atoms with Crippen molar-refractivity contribution in [2.24, 2.45) is 0 Å². The summed E-state index contributed by atoms with van der Waals surface area (Å²) in [5.74, 6) is 0.471. The average molecular weight is 415 g/mol. The van der Waals surface area contributed by atoms with Crippen molar-refractivity contribution in [3.05, 3.63) is 119 Å². The summed E-state index contributed by atoms with van der Waals surface area (Å²) in [6.07, 6.45) is 8.82. The largest absolute Gasteiger partial charge is 0.0622 e. The third kappa shape index (κ3) is 3.39. The third-order valence-electron chi connectivity index (χ3n) is 7.58. The van der Waals surface area contributed by atoms with Crippen LogP contribution in [0.25, 0.3) is 22.3 Å². The first-order chi connectivity index (χ1) is 15.9. The van der Waals surface area contributed by atoms with Crippen LogP contribution in [0.5, 0.6) is 0 Å². The van der Waals surface area contributed by atoms with E-state index < -0.39 is 0 Å².